The highest BCUT2D eigenvalue weighted by Gasteiger charge is 2.27. The Kier molecular flexibility index (Phi) is 6.33. The van der Waals surface area contributed by atoms with Crippen LogP contribution in [0.5, 0.6) is 0 Å². The molecule has 0 radical (unpaired) electrons. The fourth-order valence-electron chi connectivity index (χ4n) is 3.28. The second-order valence-corrected chi connectivity index (χ2v) is 7.42. The number of amides is 1. The zero-order chi connectivity index (χ0) is 19.4. The standard InChI is InChI=1S/C18H20BrF2N5O/c1-25(10-13-4-3-7-26(13)16-5-2-6-22-24-16)11-17(27)23-18-14(19)8-12(20)9-15(18)21/h2,5-6,8-9,13H,3-4,7,10-11H2,1H3,(H,23,27). The summed E-state index contributed by atoms with van der Waals surface area (Å²) < 4.78 is 27.2. The first-order chi connectivity index (χ1) is 12.9. The van der Waals surface area contributed by atoms with Crippen LogP contribution in [0.3, 0.4) is 0 Å². The van der Waals surface area contributed by atoms with Gasteiger partial charge in [0.15, 0.2) is 11.6 Å². The van der Waals surface area contributed by atoms with Gasteiger partial charge in [-0.2, -0.15) is 5.10 Å². The van der Waals surface area contributed by atoms with Crippen LogP contribution in [-0.2, 0) is 4.79 Å². The first-order valence-electron chi connectivity index (χ1n) is 8.61. The highest BCUT2D eigenvalue weighted by Crippen LogP contribution is 2.27. The first-order valence-corrected chi connectivity index (χ1v) is 9.40. The van der Waals surface area contributed by atoms with Crippen LogP contribution < -0.4 is 10.2 Å². The van der Waals surface area contributed by atoms with E-state index in [0.717, 1.165) is 37.3 Å². The molecule has 3 rings (SSSR count). The number of likely N-dealkylation sites (N-methyl/N-ethyl adjacent to an activating group) is 1. The Morgan fingerprint density at radius 1 is 1.44 bits per heavy atom. The average Bonchev–Trinajstić information content (AvgIpc) is 3.06. The van der Waals surface area contributed by atoms with Gasteiger partial charge in [-0.25, -0.2) is 8.78 Å². The Labute approximate surface area is 164 Å². The molecule has 1 saturated heterocycles. The predicted octanol–water partition coefficient (Wildman–Crippen LogP) is 3.06. The van der Waals surface area contributed by atoms with Crippen molar-refractivity contribution in [3.63, 3.8) is 0 Å². The van der Waals surface area contributed by atoms with Crippen LogP contribution in [0.25, 0.3) is 0 Å². The fraction of sp³-hybridized carbons (Fsp3) is 0.389. The van der Waals surface area contributed by atoms with Gasteiger partial charge in [-0.15, -0.1) is 5.10 Å². The molecule has 1 fully saturated rings. The second kappa shape index (κ2) is 8.71. The van der Waals surface area contributed by atoms with E-state index in [1.807, 2.05) is 24.1 Å². The summed E-state index contributed by atoms with van der Waals surface area (Å²) in [6.45, 7) is 1.66. The SMILES string of the molecule is CN(CC(=O)Nc1c(F)cc(F)cc1Br)CC1CCCN1c1cccnn1. The number of anilines is 2. The predicted molar refractivity (Wildman–Crippen MR) is 103 cm³/mol. The molecule has 2 aromatic rings. The lowest BCUT2D eigenvalue weighted by Gasteiger charge is -2.29. The number of carbonyl (C=O) groups excluding carboxylic acids is 1. The first kappa shape index (κ1) is 19.6. The van der Waals surface area contributed by atoms with E-state index in [4.69, 9.17) is 0 Å². The van der Waals surface area contributed by atoms with Crippen molar-refractivity contribution in [2.24, 2.45) is 0 Å². The average molecular weight is 440 g/mol. The van der Waals surface area contributed by atoms with E-state index in [2.05, 4.69) is 36.3 Å². The van der Waals surface area contributed by atoms with E-state index in [-0.39, 0.29) is 28.7 Å². The van der Waals surface area contributed by atoms with Gasteiger partial charge in [-0.05, 0) is 54.0 Å². The highest BCUT2D eigenvalue weighted by molar-refractivity contribution is 9.10. The zero-order valence-corrected chi connectivity index (χ0v) is 16.4. The van der Waals surface area contributed by atoms with Crippen LogP contribution in [0, 0.1) is 11.6 Å². The topological polar surface area (TPSA) is 61.4 Å². The summed E-state index contributed by atoms with van der Waals surface area (Å²) >= 11 is 3.07. The summed E-state index contributed by atoms with van der Waals surface area (Å²) in [6.07, 6.45) is 3.69. The van der Waals surface area contributed by atoms with Crippen LogP contribution in [0.1, 0.15) is 12.8 Å². The quantitative estimate of drug-likeness (QED) is 0.749. The van der Waals surface area contributed by atoms with Crippen molar-refractivity contribution in [3.8, 4) is 0 Å². The van der Waals surface area contributed by atoms with E-state index in [9.17, 15) is 13.6 Å². The summed E-state index contributed by atoms with van der Waals surface area (Å²) in [5.41, 5.74) is -0.0585. The van der Waals surface area contributed by atoms with Gasteiger partial charge in [0, 0.05) is 35.9 Å². The van der Waals surface area contributed by atoms with Gasteiger partial charge >= 0.3 is 0 Å². The number of aromatic nitrogens is 2. The molecule has 27 heavy (non-hydrogen) atoms. The molecule has 1 unspecified atom stereocenters. The van der Waals surface area contributed by atoms with Crippen molar-refractivity contribution in [2.75, 3.05) is 36.9 Å². The Morgan fingerprint density at radius 3 is 2.96 bits per heavy atom. The van der Waals surface area contributed by atoms with Crippen molar-refractivity contribution in [1.82, 2.24) is 15.1 Å². The zero-order valence-electron chi connectivity index (χ0n) is 14.8. The third kappa shape index (κ3) is 4.98. The summed E-state index contributed by atoms with van der Waals surface area (Å²) in [6, 6.07) is 5.85. The molecule has 1 aliphatic heterocycles. The molecule has 1 atom stereocenters. The maximum Gasteiger partial charge on any atom is 0.238 e. The molecule has 1 aromatic carbocycles. The maximum atomic E-state index is 13.9. The molecule has 0 aliphatic carbocycles. The van der Waals surface area contributed by atoms with Gasteiger partial charge in [-0.1, -0.05) is 0 Å². The molecule has 1 amide bonds. The molecule has 1 aromatic heterocycles. The number of rotatable bonds is 6. The molecule has 6 nitrogen and oxygen atoms in total. The number of nitrogens with zero attached hydrogens (tertiary/aromatic N) is 4. The molecule has 1 aliphatic rings. The molecule has 1 N–H and O–H groups in total. The van der Waals surface area contributed by atoms with E-state index in [0.29, 0.717) is 6.54 Å². The number of carbonyl (C=O) groups is 1. The van der Waals surface area contributed by atoms with Crippen molar-refractivity contribution in [1.29, 1.82) is 0 Å². The lowest BCUT2D eigenvalue weighted by molar-refractivity contribution is -0.117. The van der Waals surface area contributed by atoms with Gasteiger partial charge in [0.2, 0.25) is 5.91 Å². The summed E-state index contributed by atoms with van der Waals surface area (Å²) in [4.78, 5) is 16.3. The van der Waals surface area contributed by atoms with E-state index < -0.39 is 11.6 Å². The van der Waals surface area contributed by atoms with Gasteiger partial charge in [0.25, 0.3) is 0 Å². The monoisotopic (exact) mass is 439 g/mol. The van der Waals surface area contributed by atoms with E-state index in [1.54, 1.807) is 6.20 Å². The summed E-state index contributed by atoms with van der Waals surface area (Å²) in [7, 11) is 1.84. The van der Waals surface area contributed by atoms with Crippen LogP contribution in [0.2, 0.25) is 0 Å². The Morgan fingerprint density at radius 2 is 2.26 bits per heavy atom. The summed E-state index contributed by atoms with van der Waals surface area (Å²) in [5, 5.41) is 10.6. The molecule has 0 saturated carbocycles. The van der Waals surface area contributed by atoms with Crippen LogP contribution >= 0.6 is 15.9 Å². The number of hydrogen-bond acceptors (Lipinski definition) is 5. The van der Waals surface area contributed by atoms with Crippen LogP contribution in [0.15, 0.2) is 34.9 Å². The lowest BCUT2D eigenvalue weighted by atomic mass is 10.2. The van der Waals surface area contributed by atoms with Gasteiger partial charge in [-0.3, -0.25) is 9.69 Å². The molecule has 2 heterocycles. The molecular weight excluding hydrogens is 420 g/mol. The normalized spacial score (nSPS) is 16.8. The number of nitrogens with one attached hydrogen (secondary N) is 1. The van der Waals surface area contributed by atoms with Crippen molar-refractivity contribution in [3.05, 3.63) is 46.6 Å². The minimum atomic E-state index is -0.817. The second-order valence-electron chi connectivity index (χ2n) is 6.56. The molecule has 0 spiro atoms. The third-order valence-corrected chi connectivity index (χ3v) is 5.06. The maximum absolute atomic E-state index is 13.9. The minimum absolute atomic E-state index is 0.0585. The molecule has 9 heteroatoms. The molecular formula is C18H20BrF2N5O. The van der Waals surface area contributed by atoms with Crippen molar-refractivity contribution >= 4 is 33.3 Å². The highest BCUT2D eigenvalue weighted by atomic mass is 79.9. The largest absolute Gasteiger partial charge is 0.351 e. The third-order valence-electron chi connectivity index (χ3n) is 4.44. The van der Waals surface area contributed by atoms with Gasteiger partial charge < -0.3 is 10.2 Å². The molecule has 144 valence electrons. The Bertz CT molecular complexity index is 785. The van der Waals surface area contributed by atoms with Crippen molar-refractivity contribution < 1.29 is 13.6 Å². The lowest BCUT2D eigenvalue weighted by Crippen LogP contribution is -2.42. The van der Waals surface area contributed by atoms with Gasteiger partial charge in [0.05, 0.1) is 12.2 Å². The Balaban J connectivity index is 1.57. The fourth-order valence-corrected chi connectivity index (χ4v) is 3.79. The van der Waals surface area contributed by atoms with Crippen molar-refractivity contribution in [2.45, 2.75) is 18.9 Å². The van der Waals surface area contributed by atoms with E-state index in [1.165, 1.54) is 0 Å². The summed E-state index contributed by atoms with van der Waals surface area (Å²) in [5.74, 6) is -1.06. The number of benzene rings is 1. The number of hydrogen-bond donors (Lipinski definition) is 1. The number of halogens is 3. The smallest absolute Gasteiger partial charge is 0.238 e. The van der Waals surface area contributed by atoms with E-state index >= 15 is 0 Å². The van der Waals surface area contributed by atoms with Crippen LogP contribution in [-0.4, -0.2) is 53.7 Å². The van der Waals surface area contributed by atoms with Gasteiger partial charge in [0.1, 0.15) is 5.82 Å². The Hall–Kier alpha value is -2.13. The van der Waals surface area contributed by atoms with Crippen LogP contribution in [0.4, 0.5) is 20.3 Å². The minimum Gasteiger partial charge on any atom is -0.351 e. The molecule has 0 bridgehead atoms.